The third-order valence-corrected chi connectivity index (χ3v) is 4.38. The van der Waals surface area contributed by atoms with Gasteiger partial charge in [0.2, 0.25) is 0 Å². The highest BCUT2D eigenvalue weighted by molar-refractivity contribution is 5.99. The van der Waals surface area contributed by atoms with Gasteiger partial charge in [-0.3, -0.25) is 4.79 Å². The third-order valence-electron chi connectivity index (χ3n) is 4.38. The van der Waals surface area contributed by atoms with Gasteiger partial charge in [-0.1, -0.05) is 18.2 Å². The number of Topliss-reactive ketones (excluding diaryl/α,β-unsaturated/α-hetero) is 1. The average Bonchev–Trinajstić information content (AvgIpc) is 2.92. The van der Waals surface area contributed by atoms with Gasteiger partial charge in [0.05, 0.1) is 6.54 Å². The molecule has 0 atom stereocenters. The van der Waals surface area contributed by atoms with E-state index in [2.05, 4.69) is 5.32 Å². The van der Waals surface area contributed by atoms with Crippen molar-refractivity contribution in [3.8, 4) is 5.69 Å². The largest absolute Gasteiger partial charge is 0.318 e. The van der Waals surface area contributed by atoms with Gasteiger partial charge in [0, 0.05) is 34.7 Å². The van der Waals surface area contributed by atoms with E-state index in [1.165, 1.54) is 18.2 Å². The van der Waals surface area contributed by atoms with Crippen LogP contribution in [0.1, 0.15) is 27.3 Å². The highest BCUT2D eigenvalue weighted by atomic mass is 19.1. The number of carbonyl (C=O) groups excluding carboxylic acids is 1. The Kier molecular flexibility index (Phi) is 5.28. The number of aromatic nitrogens is 1. The van der Waals surface area contributed by atoms with Crippen LogP contribution >= 0.6 is 0 Å². The first kappa shape index (κ1) is 18.0. The second kappa shape index (κ2) is 7.62. The highest BCUT2D eigenvalue weighted by Gasteiger charge is 2.16. The van der Waals surface area contributed by atoms with Crippen LogP contribution in [0.5, 0.6) is 0 Å². The number of aryl methyl sites for hydroxylation is 1. The topological polar surface area (TPSA) is 34.0 Å². The van der Waals surface area contributed by atoms with Gasteiger partial charge >= 0.3 is 0 Å². The van der Waals surface area contributed by atoms with E-state index in [0.717, 1.165) is 17.1 Å². The number of ketones is 1. The summed E-state index contributed by atoms with van der Waals surface area (Å²) in [5.41, 5.74) is 3.63. The summed E-state index contributed by atoms with van der Waals surface area (Å²) in [6.07, 6.45) is 0. The number of hydrogen-bond donors (Lipinski definition) is 1. The van der Waals surface area contributed by atoms with Crippen molar-refractivity contribution in [1.82, 2.24) is 9.88 Å². The molecule has 0 unspecified atom stereocenters. The molecule has 0 saturated carbocycles. The number of halogens is 2. The molecular weight excluding hydrogens is 334 g/mol. The quantitative estimate of drug-likeness (QED) is 0.668. The van der Waals surface area contributed by atoms with Gasteiger partial charge in [-0.15, -0.1) is 0 Å². The van der Waals surface area contributed by atoms with Gasteiger partial charge < -0.3 is 9.88 Å². The molecule has 0 bridgehead atoms. The molecule has 3 nitrogen and oxygen atoms in total. The van der Waals surface area contributed by atoms with Crippen LogP contribution in [0.2, 0.25) is 0 Å². The summed E-state index contributed by atoms with van der Waals surface area (Å²) in [5, 5.41) is 3.00. The Labute approximate surface area is 151 Å². The second-order valence-corrected chi connectivity index (χ2v) is 6.21. The maximum Gasteiger partial charge on any atom is 0.178 e. The molecule has 2 aromatic carbocycles. The molecule has 134 valence electrons. The summed E-state index contributed by atoms with van der Waals surface area (Å²) in [5.74, 6) is -0.658. The fourth-order valence-corrected chi connectivity index (χ4v) is 3.08. The zero-order valence-electron chi connectivity index (χ0n) is 14.7. The van der Waals surface area contributed by atoms with Crippen molar-refractivity contribution >= 4 is 5.78 Å². The molecule has 0 fully saturated rings. The lowest BCUT2D eigenvalue weighted by molar-refractivity contribution is 0.0990. The molecule has 26 heavy (non-hydrogen) atoms. The maximum absolute atomic E-state index is 13.6. The number of nitrogens with one attached hydrogen (secondary N) is 1. The molecule has 1 aromatic heterocycles. The van der Waals surface area contributed by atoms with Crippen molar-refractivity contribution in [2.24, 2.45) is 0 Å². The summed E-state index contributed by atoms with van der Waals surface area (Å²) in [4.78, 5) is 12.6. The van der Waals surface area contributed by atoms with E-state index in [1.54, 1.807) is 30.3 Å². The van der Waals surface area contributed by atoms with Crippen LogP contribution in [0.3, 0.4) is 0 Å². The van der Waals surface area contributed by atoms with Crippen molar-refractivity contribution in [3.63, 3.8) is 0 Å². The standard InChI is InChI=1S/C21H20F2N2O/c1-14-11-19(15(2)25(14)18-9-7-17(22)8-10-18)21(26)13-24-12-16-5-3-4-6-20(16)23/h3-11,24H,12-13H2,1-2H3. The fourth-order valence-electron chi connectivity index (χ4n) is 3.08. The Bertz CT molecular complexity index is 930. The number of hydrogen-bond acceptors (Lipinski definition) is 2. The summed E-state index contributed by atoms with van der Waals surface area (Å²) < 4.78 is 28.7. The normalized spacial score (nSPS) is 10.9. The van der Waals surface area contributed by atoms with E-state index in [9.17, 15) is 13.6 Å². The number of benzene rings is 2. The number of carbonyl (C=O) groups is 1. The highest BCUT2D eigenvalue weighted by Crippen LogP contribution is 2.21. The monoisotopic (exact) mass is 354 g/mol. The van der Waals surface area contributed by atoms with E-state index >= 15 is 0 Å². The van der Waals surface area contributed by atoms with Crippen LogP contribution < -0.4 is 5.32 Å². The lowest BCUT2D eigenvalue weighted by Crippen LogP contribution is -2.23. The Morgan fingerprint density at radius 1 is 1.04 bits per heavy atom. The maximum atomic E-state index is 13.6. The van der Waals surface area contributed by atoms with Gasteiger partial charge in [-0.25, -0.2) is 8.78 Å². The number of nitrogens with zero attached hydrogens (tertiary/aromatic N) is 1. The first-order chi connectivity index (χ1) is 12.5. The summed E-state index contributed by atoms with van der Waals surface area (Å²) >= 11 is 0. The number of rotatable bonds is 6. The Balaban J connectivity index is 1.73. The molecule has 1 heterocycles. The fraction of sp³-hybridized carbons (Fsp3) is 0.190. The summed E-state index contributed by atoms with van der Waals surface area (Å²) in [6.45, 7) is 4.16. The summed E-state index contributed by atoms with van der Waals surface area (Å²) in [6, 6.07) is 14.5. The Morgan fingerprint density at radius 2 is 1.73 bits per heavy atom. The van der Waals surface area contributed by atoms with Crippen molar-refractivity contribution in [3.05, 3.63) is 88.7 Å². The SMILES string of the molecule is Cc1cc(C(=O)CNCc2ccccc2F)c(C)n1-c1ccc(F)cc1. The summed E-state index contributed by atoms with van der Waals surface area (Å²) in [7, 11) is 0. The minimum atomic E-state index is -0.301. The van der Waals surface area contributed by atoms with E-state index in [4.69, 9.17) is 0 Å². The van der Waals surface area contributed by atoms with Crippen LogP contribution in [-0.4, -0.2) is 16.9 Å². The van der Waals surface area contributed by atoms with Crippen molar-refractivity contribution < 1.29 is 13.6 Å². The molecule has 0 spiro atoms. The predicted molar refractivity (Wildman–Crippen MR) is 97.6 cm³/mol. The minimum absolute atomic E-state index is 0.0669. The Hall–Kier alpha value is -2.79. The molecule has 3 aromatic rings. The minimum Gasteiger partial charge on any atom is -0.318 e. The molecule has 5 heteroatoms. The molecule has 0 aliphatic rings. The second-order valence-electron chi connectivity index (χ2n) is 6.21. The van der Waals surface area contributed by atoms with Crippen LogP contribution in [0.4, 0.5) is 8.78 Å². The van der Waals surface area contributed by atoms with Crippen LogP contribution in [-0.2, 0) is 6.54 Å². The smallest absolute Gasteiger partial charge is 0.178 e. The lowest BCUT2D eigenvalue weighted by Gasteiger charge is -2.10. The van der Waals surface area contributed by atoms with E-state index in [0.29, 0.717) is 11.1 Å². The van der Waals surface area contributed by atoms with Crippen molar-refractivity contribution in [2.45, 2.75) is 20.4 Å². The first-order valence-electron chi connectivity index (χ1n) is 8.39. The van der Waals surface area contributed by atoms with Gasteiger partial charge in [-0.05, 0) is 50.2 Å². The molecule has 0 aliphatic heterocycles. The van der Waals surface area contributed by atoms with Gasteiger partial charge in [-0.2, -0.15) is 0 Å². The van der Waals surface area contributed by atoms with Crippen LogP contribution in [0, 0.1) is 25.5 Å². The average molecular weight is 354 g/mol. The van der Waals surface area contributed by atoms with E-state index in [-0.39, 0.29) is 30.5 Å². The predicted octanol–water partition coefficient (Wildman–Crippen LogP) is 4.34. The molecule has 0 aliphatic carbocycles. The van der Waals surface area contributed by atoms with Crippen molar-refractivity contribution in [2.75, 3.05) is 6.54 Å². The van der Waals surface area contributed by atoms with E-state index < -0.39 is 0 Å². The van der Waals surface area contributed by atoms with Gasteiger partial charge in [0.1, 0.15) is 11.6 Å². The molecule has 0 radical (unpaired) electrons. The van der Waals surface area contributed by atoms with Crippen LogP contribution in [0.15, 0.2) is 54.6 Å². The molecule has 3 rings (SSSR count). The molecule has 0 amide bonds. The van der Waals surface area contributed by atoms with E-state index in [1.807, 2.05) is 24.5 Å². The van der Waals surface area contributed by atoms with Gasteiger partial charge in [0.25, 0.3) is 0 Å². The van der Waals surface area contributed by atoms with Gasteiger partial charge in [0.15, 0.2) is 5.78 Å². The molecule has 0 saturated heterocycles. The zero-order valence-corrected chi connectivity index (χ0v) is 14.7. The zero-order chi connectivity index (χ0) is 18.7. The first-order valence-corrected chi connectivity index (χ1v) is 8.39. The van der Waals surface area contributed by atoms with Crippen LogP contribution in [0.25, 0.3) is 5.69 Å². The molecular formula is C21H20F2N2O. The lowest BCUT2D eigenvalue weighted by atomic mass is 10.1. The third kappa shape index (κ3) is 3.73. The van der Waals surface area contributed by atoms with Crippen molar-refractivity contribution in [1.29, 1.82) is 0 Å². The Morgan fingerprint density at radius 3 is 2.42 bits per heavy atom. The molecule has 1 N–H and O–H groups in total.